The summed E-state index contributed by atoms with van der Waals surface area (Å²) >= 11 is 0. The highest BCUT2D eigenvalue weighted by Crippen LogP contribution is 2.39. The predicted molar refractivity (Wildman–Crippen MR) is 170 cm³/mol. The summed E-state index contributed by atoms with van der Waals surface area (Å²) in [7, 11) is -1.93. The van der Waals surface area contributed by atoms with Crippen molar-refractivity contribution in [3.8, 4) is 17.3 Å². The van der Waals surface area contributed by atoms with Gasteiger partial charge in [0.2, 0.25) is 5.95 Å². The van der Waals surface area contributed by atoms with Crippen LogP contribution in [0.4, 0.5) is 11.6 Å². The molecule has 0 saturated carbocycles. The topological polar surface area (TPSA) is 101 Å². The fourth-order valence-corrected chi connectivity index (χ4v) is 5.80. The van der Waals surface area contributed by atoms with Gasteiger partial charge in [0, 0.05) is 43.4 Å². The summed E-state index contributed by atoms with van der Waals surface area (Å²) in [4.78, 5) is 11.7. The van der Waals surface area contributed by atoms with Crippen LogP contribution in [0.3, 0.4) is 0 Å². The second-order valence-corrected chi connectivity index (χ2v) is 17.9. The third kappa shape index (κ3) is 7.45. The number of aromatic nitrogens is 4. The highest BCUT2D eigenvalue weighted by atomic mass is 28.4. The zero-order valence-corrected chi connectivity index (χ0v) is 27.6. The first-order valence-corrected chi connectivity index (χ1v) is 17.9. The summed E-state index contributed by atoms with van der Waals surface area (Å²) in [6.45, 7) is 23.7. The van der Waals surface area contributed by atoms with E-state index in [4.69, 9.17) is 14.1 Å². The molecule has 1 aliphatic heterocycles. The normalized spacial score (nSPS) is 16.2. The molecule has 0 spiro atoms. The number of hydrogen-bond acceptors (Lipinski definition) is 8. The summed E-state index contributed by atoms with van der Waals surface area (Å²) in [5.74, 6) is 0.492. The van der Waals surface area contributed by atoms with Crippen LogP contribution in [0.25, 0.3) is 11.3 Å². The summed E-state index contributed by atoms with van der Waals surface area (Å²) in [5, 5.41) is 18.0. The summed E-state index contributed by atoms with van der Waals surface area (Å²) < 4.78 is 14.1. The molecular formula is C32H47N7O2Si. The third-order valence-corrected chi connectivity index (χ3v) is 13.6. The average Bonchev–Trinajstić information content (AvgIpc) is 3.33. The Balaban J connectivity index is 1.54. The van der Waals surface area contributed by atoms with Crippen molar-refractivity contribution in [2.24, 2.45) is 0 Å². The zero-order valence-electron chi connectivity index (χ0n) is 26.6. The molecule has 1 unspecified atom stereocenters. The van der Waals surface area contributed by atoms with Gasteiger partial charge in [-0.15, -0.1) is 0 Å². The molecule has 2 aromatic heterocycles. The SMILES string of the molecule is CCC(C)(CO[Si](C)(C)C(C)(C)C)c1cc(C#N)cc(-c2ccnc(Nc3cnn(CCN4CCOCC4)c3C)n2)c1. The molecular weight excluding hydrogens is 542 g/mol. The van der Waals surface area contributed by atoms with E-state index in [1.807, 2.05) is 29.1 Å². The fourth-order valence-electron chi connectivity index (χ4n) is 4.69. The molecule has 0 amide bonds. The van der Waals surface area contributed by atoms with Gasteiger partial charge in [-0.2, -0.15) is 10.4 Å². The minimum atomic E-state index is -1.93. The summed E-state index contributed by atoms with van der Waals surface area (Å²) in [5.41, 5.74) is 5.01. The van der Waals surface area contributed by atoms with Gasteiger partial charge in [-0.05, 0) is 61.3 Å². The first kappa shape index (κ1) is 31.8. The second-order valence-electron chi connectivity index (χ2n) is 13.1. The molecule has 1 N–H and O–H groups in total. The largest absolute Gasteiger partial charge is 0.416 e. The maximum atomic E-state index is 9.91. The van der Waals surface area contributed by atoms with E-state index >= 15 is 0 Å². The van der Waals surface area contributed by atoms with Gasteiger partial charge in [0.1, 0.15) is 0 Å². The van der Waals surface area contributed by atoms with E-state index in [-0.39, 0.29) is 10.5 Å². The number of morpholine rings is 1. The zero-order chi connectivity index (χ0) is 30.5. The molecule has 3 heterocycles. The molecule has 10 heteroatoms. The van der Waals surface area contributed by atoms with Crippen LogP contribution in [0, 0.1) is 18.3 Å². The third-order valence-electron chi connectivity index (χ3n) is 9.13. The Kier molecular flexibility index (Phi) is 9.88. The number of nitrogens with zero attached hydrogens (tertiary/aromatic N) is 6. The number of benzene rings is 1. The van der Waals surface area contributed by atoms with Crippen molar-refractivity contribution < 1.29 is 9.16 Å². The quantitative estimate of drug-likeness (QED) is 0.261. The average molecular weight is 590 g/mol. The van der Waals surface area contributed by atoms with Gasteiger partial charge < -0.3 is 14.5 Å². The Bertz CT molecular complexity index is 1400. The van der Waals surface area contributed by atoms with E-state index in [1.165, 1.54) is 0 Å². The molecule has 42 heavy (non-hydrogen) atoms. The number of hydrogen-bond donors (Lipinski definition) is 1. The van der Waals surface area contributed by atoms with Gasteiger partial charge in [-0.1, -0.05) is 34.6 Å². The van der Waals surface area contributed by atoms with Crippen molar-refractivity contribution >= 4 is 20.0 Å². The Morgan fingerprint density at radius 2 is 1.86 bits per heavy atom. The molecule has 1 atom stereocenters. The minimum absolute atomic E-state index is 0.128. The first-order chi connectivity index (χ1) is 19.8. The van der Waals surface area contributed by atoms with Crippen LogP contribution in [0.1, 0.15) is 57.9 Å². The molecule has 9 nitrogen and oxygen atoms in total. The molecule has 1 saturated heterocycles. The monoisotopic (exact) mass is 589 g/mol. The first-order valence-electron chi connectivity index (χ1n) is 15.0. The minimum Gasteiger partial charge on any atom is -0.416 e. The van der Waals surface area contributed by atoms with Crippen molar-refractivity contribution in [1.82, 2.24) is 24.6 Å². The summed E-state index contributed by atoms with van der Waals surface area (Å²) in [6, 6.07) is 10.3. The van der Waals surface area contributed by atoms with E-state index < -0.39 is 8.32 Å². The Labute approximate surface area is 252 Å². The fraction of sp³-hybridized carbons (Fsp3) is 0.562. The van der Waals surface area contributed by atoms with Crippen LogP contribution in [0.2, 0.25) is 18.1 Å². The van der Waals surface area contributed by atoms with Crippen molar-refractivity contribution in [2.45, 2.75) is 78.1 Å². The lowest BCUT2D eigenvalue weighted by atomic mass is 9.79. The Hall–Kier alpha value is -3.10. The van der Waals surface area contributed by atoms with E-state index in [9.17, 15) is 5.26 Å². The lowest BCUT2D eigenvalue weighted by Gasteiger charge is -2.40. The molecule has 1 fully saturated rings. The lowest BCUT2D eigenvalue weighted by molar-refractivity contribution is 0.0359. The van der Waals surface area contributed by atoms with Crippen molar-refractivity contribution in [3.05, 3.63) is 53.5 Å². The second kappa shape index (κ2) is 13.0. The maximum absolute atomic E-state index is 9.91. The number of rotatable bonds is 11. The molecule has 226 valence electrons. The van der Waals surface area contributed by atoms with Crippen LogP contribution >= 0.6 is 0 Å². The van der Waals surface area contributed by atoms with E-state index in [0.717, 1.165) is 74.0 Å². The van der Waals surface area contributed by atoms with Crippen LogP contribution < -0.4 is 5.32 Å². The number of nitrogens with one attached hydrogen (secondary N) is 1. The van der Waals surface area contributed by atoms with Crippen molar-refractivity contribution in [3.63, 3.8) is 0 Å². The van der Waals surface area contributed by atoms with E-state index in [1.54, 1.807) is 6.20 Å². The van der Waals surface area contributed by atoms with Gasteiger partial charge in [0.05, 0.1) is 54.7 Å². The molecule has 1 aromatic carbocycles. The highest BCUT2D eigenvalue weighted by molar-refractivity contribution is 6.74. The molecule has 0 radical (unpaired) electrons. The number of anilines is 2. The van der Waals surface area contributed by atoms with Crippen LogP contribution in [0.5, 0.6) is 0 Å². The number of ether oxygens (including phenoxy) is 1. The highest BCUT2D eigenvalue weighted by Gasteiger charge is 2.39. The van der Waals surface area contributed by atoms with Crippen molar-refractivity contribution in [1.29, 1.82) is 5.26 Å². The Morgan fingerprint density at radius 3 is 2.52 bits per heavy atom. The Morgan fingerprint density at radius 1 is 1.12 bits per heavy atom. The van der Waals surface area contributed by atoms with E-state index in [2.05, 4.69) is 87.1 Å². The van der Waals surface area contributed by atoms with E-state index in [0.29, 0.717) is 18.1 Å². The van der Waals surface area contributed by atoms with Gasteiger partial charge >= 0.3 is 0 Å². The van der Waals surface area contributed by atoms with Crippen LogP contribution in [0.15, 0.2) is 36.7 Å². The molecule has 4 rings (SSSR count). The van der Waals surface area contributed by atoms with Gasteiger partial charge in [0.15, 0.2) is 8.32 Å². The van der Waals surface area contributed by atoms with Crippen LogP contribution in [-0.2, 0) is 21.1 Å². The molecule has 0 aliphatic carbocycles. The van der Waals surface area contributed by atoms with Gasteiger partial charge in [0.25, 0.3) is 0 Å². The standard InChI is InChI=1S/C32H47N7O2Si/c1-9-32(6,23-41-42(7,8)31(3,4)5)27-19-25(21-33)18-26(20-27)28-10-11-34-30(36-28)37-29-22-35-39(24(29)2)13-12-38-14-16-40-17-15-38/h10-11,18-20,22H,9,12-17,23H2,1-8H3,(H,34,36,37). The lowest BCUT2D eigenvalue weighted by Crippen LogP contribution is -2.44. The molecule has 0 bridgehead atoms. The summed E-state index contributed by atoms with van der Waals surface area (Å²) in [6.07, 6.45) is 4.47. The smallest absolute Gasteiger partial charge is 0.227 e. The van der Waals surface area contributed by atoms with Gasteiger partial charge in [-0.3, -0.25) is 9.58 Å². The predicted octanol–water partition coefficient (Wildman–Crippen LogP) is 6.29. The van der Waals surface area contributed by atoms with Gasteiger partial charge in [-0.25, -0.2) is 9.97 Å². The van der Waals surface area contributed by atoms with Crippen molar-refractivity contribution in [2.75, 3.05) is 44.8 Å². The molecule has 1 aliphatic rings. The number of nitriles is 1. The maximum Gasteiger partial charge on any atom is 0.227 e. The molecule has 3 aromatic rings. The van der Waals surface area contributed by atoms with Crippen LogP contribution in [-0.4, -0.2) is 72.4 Å².